The number of nitro groups is 1. The average molecular weight is 376 g/mol. The predicted octanol–water partition coefficient (Wildman–Crippen LogP) is 3.05. The molecule has 1 heterocycles. The quantitative estimate of drug-likeness (QED) is 0.440. The third-order valence-electron chi connectivity index (χ3n) is 2.88. The Labute approximate surface area is 134 Å². The fourth-order valence-electron chi connectivity index (χ4n) is 1.92. The summed E-state index contributed by atoms with van der Waals surface area (Å²) < 4.78 is 6.81. The molecule has 0 aliphatic rings. The zero-order valence-electron chi connectivity index (χ0n) is 11.1. The van der Waals surface area contributed by atoms with Gasteiger partial charge in [-0.05, 0) is 6.07 Å². The lowest BCUT2D eigenvalue weighted by molar-refractivity contribution is -0.384. The van der Waals surface area contributed by atoms with Crippen LogP contribution in [0.25, 0.3) is 11.4 Å². The zero-order valence-corrected chi connectivity index (χ0v) is 13.5. The van der Waals surface area contributed by atoms with Gasteiger partial charge in [-0.25, -0.2) is 0 Å². The van der Waals surface area contributed by atoms with Crippen molar-refractivity contribution in [1.29, 1.82) is 0 Å². The van der Waals surface area contributed by atoms with E-state index in [1.807, 2.05) is 0 Å². The first-order valence-corrected chi connectivity index (χ1v) is 7.50. The predicted molar refractivity (Wildman–Crippen MR) is 81.6 cm³/mol. The minimum atomic E-state index is -0.482. The van der Waals surface area contributed by atoms with Gasteiger partial charge in [0.05, 0.1) is 21.9 Å². The van der Waals surface area contributed by atoms with Crippen LogP contribution in [-0.4, -0.2) is 33.4 Å². The SMILES string of the molecule is COCCn1c(CBr)nnc1-c1c(Cl)cccc1[N+](=O)[O-]. The van der Waals surface area contributed by atoms with Gasteiger partial charge in [0.15, 0.2) is 5.82 Å². The van der Waals surface area contributed by atoms with Crippen LogP contribution >= 0.6 is 27.5 Å². The number of ether oxygens (including phenoxy) is 1. The monoisotopic (exact) mass is 374 g/mol. The number of aromatic nitrogens is 3. The molecule has 0 amide bonds. The summed E-state index contributed by atoms with van der Waals surface area (Å²) in [6, 6.07) is 4.52. The normalized spacial score (nSPS) is 10.8. The molecule has 0 spiro atoms. The van der Waals surface area contributed by atoms with Gasteiger partial charge < -0.3 is 9.30 Å². The molecule has 2 aromatic rings. The number of nitro benzene ring substituents is 1. The van der Waals surface area contributed by atoms with Crippen molar-refractivity contribution in [3.05, 3.63) is 39.2 Å². The second kappa shape index (κ2) is 6.97. The van der Waals surface area contributed by atoms with Crippen molar-refractivity contribution in [2.75, 3.05) is 13.7 Å². The van der Waals surface area contributed by atoms with Gasteiger partial charge in [0.1, 0.15) is 11.4 Å². The van der Waals surface area contributed by atoms with Gasteiger partial charge in [0.2, 0.25) is 0 Å². The van der Waals surface area contributed by atoms with Gasteiger partial charge in [-0.3, -0.25) is 10.1 Å². The first kappa shape index (κ1) is 15.9. The summed E-state index contributed by atoms with van der Waals surface area (Å²) >= 11 is 9.46. The summed E-state index contributed by atoms with van der Waals surface area (Å²) in [6.07, 6.45) is 0. The van der Waals surface area contributed by atoms with Crippen LogP contribution in [0.2, 0.25) is 5.02 Å². The van der Waals surface area contributed by atoms with E-state index in [9.17, 15) is 10.1 Å². The fourth-order valence-corrected chi connectivity index (χ4v) is 2.59. The second-order valence-electron chi connectivity index (χ2n) is 4.11. The minimum absolute atomic E-state index is 0.102. The van der Waals surface area contributed by atoms with E-state index in [1.165, 1.54) is 12.1 Å². The standard InChI is InChI=1S/C12H12BrClN4O3/c1-21-6-5-17-10(7-13)15-16-12(17)11-8(14)3-2-4-9(11)18(19)20/h2-4H,5-7H2,1H3. The molecule has 0 bridgehead atoms. The van der Waals surface area contributed by atoms with Crippen molar-refractivity contribution in [3.8, 4) is 11.4 Å². The molecule has 0 saturated heterocycles. The third-order valence-corrected chi connectivity index (χ3v) is 3.69. The number of rotatable bonds is 6. The van der Waals surface area contributed by atoms with Crippen LogP contribution in [0.3, 0.4) is 0 Å². The van der Waals surface area contributed by atoms with E-state index in [1.54, 1.807) is 17.7 Å². The van der Waals surface area contributed by atoms with E-state index in [0.29, 0.717) is 30.1 Å². The van der Waals surface area contributed by atoms with E-state index in [2.05, 4.69) is 26.1 Å². The molecule has 0 N–H and O–H groups in total. The molecular formula is C12H12BrClN4O3. The molecule has 0 atom stereocenters. The van der Waals surface area contributed by atoms with E-state index >= 15 is 0 Å². The molecule has 2 rings (SSSR count). The van der Waals surface area contributed by atoms with E-state index < -0.39 is 4.92 Å². The molecule has 112 valence electrons. The average Bonchev–Trinajstić information content (AvgIpc) is 2.87. The summed E-state index contributed by atoms with van der Waals surface area (Å²) in [6.45, 7) is 0.908. The number of methoxy groups -OCH3 is 1. The van der Waals surface area contributed by atoms with Crippen molar-refractivity contribution in [2.24, 2.45) is 0 Å². The van der Waals surface area contributed by atoms with Crippen LogP contribution in [0.15, 0.2) is 18.2 Å². The van der Waals surface area contributed by atoms with Crippen LogP contribution in [0.5, 0.6) is 0 Å². The summed E-state index contributed by atoms with van der Waals surface area (Å²) in [7, 11) is 1.58. The molecule has 0 aliphatic carbocycles. The third kappa shape index (κ3) is 3.22. The van der Waals surface area contributed by atoms with E-state index in [4.69, 9.17) is 16.3 Å². The van der Waals surface area contributed by atoms with Crippen LogP contribution in [0.4, 0.5) is 5.69 Å². The minimum Gasteiger partial charge on any atom is -0.383 e. The second-order valence-corrected chi connectivity index (χ2v) is 5.08. The highest BCUT2D eigenvalue weighted by Crippen LogP contribution is 2.35. The van der Waals surface area contributed by atoms with Crippen molar-refractivity contribution < 1.29 is 9.66 Å². The summed E-state index contributed by atoms with van der Waals surface area (Å²) in [5.74, 6) is 1.01. The molecule has 7 nitrogen and oxygen atoms in total. The maximum absolute atomic E-state index is 11.2. The van der Waals surface area contributed by atoms with Gasteiger partial charge in [0.25, 0.3) is 5.69 Å². The van der Waals surface area contributed by atoms with Gasteiger partial charge in [-0.15, -0.1) is 10.2 Å². The summed E-state index contributed by atoms with van der Waals surface area (Å²) in [5.41, 5.74) is 0.162. The Hall–Kier alpha value is -1.51. The van der Waals surface area contributed by atoms with Crippen molar-refractivity contribution in [1.82, 2.24) is 14.8 Å². The lowest BCUT2D eigenvalue weighted by Crippen LogP contribution is -2.10. The maximum atomic E-state index is 11.2. The van der Waals surface area contributed by atoms with Gasteiger partial charge >= 0.3 is 0 Å². The molecule has 0 saturated carbocycles. The number of benzene rings is 1. The highest BCUT2D eigenvalue weighted by Gasteiger charge is 2.24. The van der Waals surface area contributed by atoms with E-state index in [0.717, 1.165) is 0 Å². The lowest BCUT2D eigenvalue weighted by Gasteiger charge is -2.10. The Bertz CT molecular complexity index is 662. The Morgan fingerprint density at radius 3 is 2.86 bits per heavy atom. The first-order valence-electron chi connectivity index (χ1n) is 6.00. The highest BCUT2D eigenvalue weighted by molar-refractivity contribution is 9.08. The molecule has 9 heteroatoms. The Kier molecular flexibility index (Phi) is 5.27. The Balaban J connectivity index is 2.61. The number of nitrogens with zero attached hydrogens (tertiary/aromatic N) is 4. The molecular weight excluding hydrogens is 364 g/mol. The van der Waals surface area contributed by atoms with Crippen LogP contribution in [0.1, 0.15) is 5.82 Å². The van der Waals surface area contributed by atoms with Crippen molar-refractivity contribution in [2.45, 2.75) is 11.9 Å². The number of alkyl halides is 1. The molecule has 0 unspecified atom stereocenters. The molecule has 1 aromatic heterocycles. The van der Waals surface area contributed by atoms with Crippen molar-refractivity contribution >= 4 is 33.2 Å². The Morgan fingerprint density at radius 1 is 1.48 bits per heavy atom. The van der Waals surface area contributed by atoms with Crippen LogP contribution < -0.4 is 0 Å². The number of halogens is 2. The molecule has 0 radical (unpaired) electrons. The molecule has 1 aromatic carbocycles. The topological polar surface area (TPSA) is 83.1 Å². The van der Waals surface area contributed by atoms with Crippen LogP contribution in [-0.2, 0) is 16.6 Å². The largest absolute Gasteiger partial charge is 0.383 e. The first-order chi connectivity index (χ1) is 10.1. The summed E-state index contributed by atoms with van der Waals surface area (Å²) in [5, 5.41) is 20.0. The van der Waals surface area contributed by atoms with Gasteiger partial charge in [-0.1, -0.05) is 33.6 Å². The maximum Gasteiger partial charge on any atom is 0.281 e. The summed E-state index contributed by atoms with van der Waals surface area (Å²) in [4.78, 5) is 10.7. The fraction of sp³-hybridized carbons (Fsp3) is 0.333. The molecule has 0 fully saturated rings. The molecule has 0 aliphatic heterocycles. The Morgan fingerprint density at radius 2 is 2.24 bits per heavy atom. The lowest BCUT2D eigenvalue weighted by atomic mass is 10.1. The number of hydrogen-bond acceptors (Lipinski definition) is 5. The molecule has 21 heavy (non-hydrogen) atoms. The highest BCUT2D eigenvalue weighted by atomic mass is 79.9. The smallest absolute Gasteiger partial charge is 0.281 e. The van der Waals surface area contributed by atoms with E-state index in [-0.39, 0.29) is 16.3 Å². The van der Waals surface area contributed by atoms with Crippen molar-refractivity contribution in [3.63, 3.8) is 0 Å². The van der Waals surface area contributed by atoms with Gasteiger partial charge in [-0.2, -0.15) is 0 Å². The zero-order chi connectivity index (χ0) is 15.4. The number of hydrogen-bond donors (Lipinski definition) is 0. The van der Waals surface area contributed by atoms with Crippen LogP contribution in [0, 0.1) is 10.1 Å². The van der Waals surface area contributed by atoms with Gasteiger partial charge in [0, 0.05) is 19.7 Å².